The minimum absolute atomic E-state index is 0.0679. The van der Waals surface area contributed by atoms with Crippen molar-refractivity contribution < 1.29 is 13.2 Å². The first-order chi connectivity index (χ1) is 12.3. The number of sulfonamides is 1. The summed E-state index contributed by atoms with van der Waals surface area (Å²) in [5.74, 6) is -0.379. The maximum absolute atomic E-state index is 12.9. The van der Waals surface area contributed by atoms with E-state index in [0.717, 1.165) is 5.56 Å². The molecule has 0 aliphatic carbocycles. The van der Waals surface area contributed by atoms with Crippen LogP contribution in [0.1, 0.15) is 21.5 Å². The van der Waals surface area contributed by atoms with Gasteiger partial charge < -0.3 is 9.88 Å². The predicted octanol–water partition coefficient (Wildman–Crippen LogP) is 1.14. The molecule has 0 unspecified atom stereocenters. The molecular weight excluding hydrogens is 354 g/mol. The molecule has 138 valence electrons. The maximum Gasteiger partial charge on any atom is 0.260 e. The monoisotopic (exact) mass is 375 g/mol. The molecule has 0 bridgehead atoms. The highest BCUT2D eigenvalue weighted by molar-refractivity contribution is 7.89. The Bertz CT molecular complexity index is 989. The van der Waals surface area contributed by atoms with Crippen molar-refractivity contribution in [2.45, 2.75) is 18.7 Å². The third kappa shape index (κ3) is 3.42. The van der Waals surface area contributed by atoms with Crippen LogP contribution in [0.15, 0.2) is 46.2 Å². The van der Waals surface area contributed by atoms with Crippen LogP contribution in [0.2, 0.25) is 0 Å². The number of piperazine rings is 1. The number of benzene rings is 1. The van der Waals surface area contributed by atoms with Gasteiger partial charge in [0.2, 0.25) is 10.0 Å². The summed E-state index contributed by atoms with van der Waals surface area (Å²) in [6.45, 7) is 4.52. The van der Waals surface area contributed by atoms with Crippen LogP contribution in [0, 0.1) is 13.8 Å². The molecule has 2 aromatic rings. The van der Waals surface area contributed by atoms with Gasteiger partial charge in [-0.05, 0) is 43.2 Å². The fourth-order valence-corrected chi connectivity index (χ4v) is 4.75. The third-order valence-corrected chi connectivity index (χ3v) is 6.58. The number of pyridine rings is 1. The van der Waals surface area contributed by atoms with Crippen LogP contribution in [0.25, 0.3) is 0 Å². The van der Waals surface area contributed by atoms with Gasteiger partial charge in [0, 0.05) is 32.4 Å². The second kappa shape index (κ2) is 7.05. The second-order valence-electron chi connectivity index (χ2n) is 6.38. The zero-order valence-corrected chi connectivity index (χ0v) is 15.5. The van der Waals surface area contributed by atoms with Crippen LogP contribution in [0.5, 0.6) is 0 Å². The fourth-order valence-electron chi connectivity index (χ4n) is 3.02. The molecule has 1 fully saturated rings. The Morgan fingerprint density at radius 2 is 1.77 bits per heavy atom. The van der Waals surface area contributed by atoms with Gasteiger partial charge in [-0.15, -0.1) is 0 Å². The molecule has 0 atom stereocenters. The Morgan fingerprint density at radius 3 is 2.42 bits per heavy atom. The number of carbonyl (C=O) groups is 1. The van der Waals surface area contributed by atoms with Crippen molar-refractivity contribution in [2.24, 2.45) is 0 Å². The lowest BCUT2D eigenvalue weighted by atomic mass is 10.2. The molecule has 1 saturated heterocycles. The number of aryl methyl sites for hydroxylation is 2. The Morgan fingerprint density at radius 1 is 1.08 bits per heavy atom. The molecule has 26 heavy (non-hydrogen) atoms. The summed E-state index contributed by atoms with van der Waals surface area (Å²) in [5.41, 5.74) is 1.21. The average molecular weight is 375 g/mol. The summed E-state index contributed by atoms with van der Waals surface area (Å²) >= 11 is 0. The second-order valence-corrected chi connectivity index (χ2v) is 8.28. The smallest absolute Gasteiger partial charge is 0.260 e. The summed E-state index contributed by atoms with van der Waals surface area (Å²) < 4.78 is 27.3. The molecule has 2 heterocycles. The number of hydrogen-bond acceptors (Lipinski definition) is 4. The van der Waals surface area contributed by atoms with E-state index in [1.165, 1.54) is 21.5 Å². The molecule has 0 radical (unpaired) electrons. The van der Waals surface area contributed by atoms with Crippen LogP contribution in [-0.4, -0.2) is 54.7 Å². The number of carbonyl (C=O) groups excluding carboxylic acids is 1. The normalized spacial score (nSPS) is 15.8. The molecule has 0 spiro atoms. The Balaban J connectivity index is 1.76. The highest BCUT2D eigenvalue weighted by Crippen LogP contribution is 2.22. The lowest BCUT2D eigenvalue weighted by Gasteiger charge is -2.34. The van der Waals surface area contributed by atoms with Gasteiger partial charge in [-0.25, -0.2) is 8.42 Å². The number of nitrogens with zero attached hydrogens (tertiary/aromatic N) is 2. The molecular formula is C18H21N3O4S. The van der Waals surface area contributed by atoms with Crippen molar-refractivity contribution >= 4 is 15.9 Å². The summed E-state index contributed by atoms with van der Waals surface area (Å²) in [6, 6.07) is 8.41. The highest BCUT2D eigenvalue weighted by atomic mass is 32.2. The molecule has 1 aliphatic heterocycles. The van der Waals surface area contributed by atoms with Crippen molar-refractivity contribution in [1.82, 2.24) is 14.2 Å². The van der Waals surface area contributed by atoms with E-state index in [1.54, 1.807) is 25.1 Å². The molecule has 1 amide bonds. The van der Waals surface area contributed by atoms with Crippen LogP contribution in [0.3, 0.4) is 0 Å². The minimum atomic E-state index is -3.61. The van der Waals surface area contributed by atoms with Crippen molar-refractivity contribution in [3.05, 3.63) is 63.6 Å². The molecule has 1 aliphatic rings. The lowest BCUT2D eigenvalue weighted by Crippen LogP contribution is -2.51. The van der Waals surface area contributed by atoms with Crippen molar-refractivity contribution in [3.8, 4) is 0 Å². The zero-order chi connectivity index (χ0) is 18.9. The molecule has 7 nitrogen and oxygen atoms in total. The molecule has 1 aromatic heterocycles. The van der Waals surface area contributed by atoms with Crippen molar-refractivity contribution in [2.75, 3.05) is 26.2 Å². The summed E-state index contributed by atoms with van der Waals surface area (Å²) in [7, 11) is -3.61. The van der Waals surface area contributed by atoms with Crippen LogP contribution in [-0.2, 0) is 10.0 Å². The third-order valence-electron chi connectivity index (χ3n) is 4.54. The van der Waals surface area contributed by atoms with Gasteiger partial charge in [-0.3, -0.25) is 9.59 Å². The number of aromatic amines is 1. The number of H-pyrrole nitrogens is 1. The molecule has 8 heteroatoms. The average Bonchev–Trinajstić information content (AvgIpc) is 2.63. The maximum atomic E-state index is 12.9. The van der Waals surface area contributed by atoms with Gasteiger partial charge in [-0.2, -0.15) is 4.31 Å². The van der Waals surface area contributed by atoms with Gasteiger partial charge in [0.05, 0.1) is 4.90 Å². The Hall–Kier alpha value is -2.45. The predicted molar refractivity (Wildman–Crippen MR) is 97.6 cm³/mol. The van der Waals surface area contributed by atoms with Crippen LogP contribution < -0.4 is 5.56 Å². The number of aromatic nitrogens is 1. The van der Waals surface area contributed by atoms with Gasteiger partial charge in [0.25, 0.3) is 11.5 Å². The van der Waals surface area contributed by atoms with E-state index in [0.29, 0.717) is 10.5 Å². The number of hydrogen-bond donors (Lipinski definition) is 1. The van der Waals surface area contributed by atoms with E-state index in [1.807, 2.05) is 13.0 Å². The van der Waals surface area contributed by atoms with Gasteiger partial charge in [0.1, 0.15) is 5.56 Å². The summed E-state index contributed by atoms with van der Waals surface area (Å²) in [5, 5.41) is 0. The molecule has 1 aromatic carbocycles. The number of nitrogens with one attached hydrogen (secondary N) is 1. The van der Waals surface area contributed by atoms with E-state index in [4.69, 9.17) is 0 Å². The van der Waals surface area contributed by atoms with Gasteiger partial charge >= 0.3 is 0 Å². The number of rotatable bonds is 3. The largest absolute Gasteiger partial charge is 0.336 e. The standard InChI is InChI=1S/C18H21N3O4S/c1-13-5-6-14(2)16(12-13)26(24,25)21-10-8-20(9-11-21)18(23)15-4-3-7-19-17(15)22/h3-7,12H,8-11H2,1-2H3,(H,19,22). The topological polar surface area (TPSA) is 90.6 Å². The minimum Gasteiger partial charge on any atom is -0.336 e. The zero-order valence-electron chi connectivity index (χ0n) is 14.7. The van der Waals surface area contributed by atoms with Gasteiger partial charge in [-0.1, -0.05) is 12.1 Å². The summed E-state index contributed by atoms with van der Waals surface area (Å²) in [4.78, 5) is 28.5. The van der Waals surface area contributed by atoms with E-state index < -0.39 is 15.6 Å². The van der Waals surface area contributed by atoms with Gasteiger partial charge in [0.15, 0.2) is 0 Å². The first-order valence-corrected chi connectivity index (χ1v) is 9.79. The van der Waals surface area contributed by atoms with E-state index in [-0.39, 0.29) is 37.6 Å². The first kappa shape index (κ1) is 18.3. The molecule has 1 N–H and O–H groups in total. The van der Waals surface area contributed by atoms with Crippen molar-refractivity contribution in [1.29, 1.82) is 0 Å². The molecule has 0 saturated carbocycles. The quantitative estimate of drug-likeness (QED) is 0.871. The Labute approximate surface area is 152 Å². The SMILES string of the molecule is Cc1ccc(C)c(S(=O)(=O)N2CCN(C(=O)c3ccc[nH]c3=O)CC2)c1. The van der Waals surface area contributed by atoms with Crippen molar-refractivity contribution in [3.63, 3.8) is 0 Å². The lowest BCUT2D eigenvalue weighted by molar-refractivity contribution is 0.0696. The summed E-state index contributed by atoms with van der Waals surface area (Å²) in [6.07, 6.45) is 1.47. The number of amides is 1. The van der Waals surface area contributed by atoms with E-state index >= 15 is 0 Å². The van der Waals surface area contributed by atoms with E-state index in [9.17, 15) is 18.0 Å². The highest BCUT2D eigenvalue weighted by Gasteiger charge is 2.31. The van der Waals surface area contributed by atoms with Crippen LogP contribution >= 0.6 is 0 Å². The van der Waals surface area contributed by atoms with Crippen LogP contribution in [0.4, 0.5) is 0 Å². The van der Waals surface area contributed by atoms with E-state index in [2.05, 4.69) is 4.98 Å². The molecule has 3 rings (SSSR count). The Kier molecular flexibility index (Phi) is 4.97. The fraction of sp³-hybridized carbons (Fsp3) is 0.333. The first-order valence-electron chi connectivity index (χ1n) is 8.35.